The molecule has 2 amide bonds. The van der Waals surface area contributed by atoms with E-state index in [1.165, 1.54) is 12.1 Å². The van der Waals surface area contributed by atoms with Gasteiger partial charge in [0.25, 0.3) is 0 Å². The first kappa shape index (κ1) is 31.4. The van der Waals surface area contributed by atoms with Crippen LogP contribution < -0.4 is 10.6 Å². The molecule has 10 heteroatoms. The van der Waals surface area contributed by atoms with Gasteiger partial charge in [-0.25, -0.2) is 8.78 Å². The van der Waals surface area contributed by atoms with E-state index in [-0.39, 0.29) is 43.9 Å². The van der Waals surface area contributed by atoms with E-state index in [1.807, 2.05) is 41.0 Å². The third-order valence-electron chi connectivity index (χ3n) is 6.94. The molecule has 3 atom stereocenters. The molecule has 1 heterocycles. The molecule has 0 spiro atoms. The highest BCUT2D eigenvalue weighted by atomic mass is 127. The summed E-state index contributed by atoms with van der Waals surface area (Å²) in [7, 11) is 0. The lowest BCUT2D eigenvalue weighted by molar-refractivity contribution is -0.141. The number of aliphatic hydroxyl groups is 1. The van der Waals surface area contributed by atoms with E-state index in [4.69, 9.17) is 0 Å². The Kier molecular flexibility index (Phi) is 12.5. The Morgan fingerprint density at radius 3 is 2.56 bits per heavy atom. The van der Waals surface area contributed by atoms with Crippen LogP contribution >= 0.6 is 22.6 Å². The smallest absolute Gasteiger partial charge is 0.237 e. The van der Waals surface area contributed by atoms with Crippen molar-refractivity contribution in [2.45, 2.75) is 64.3 Å². The van der Waals surface area contributed by atoms with Gasteiger partial charge in [0.05, 0.1) is 25.2 Å². The minimum absolute atomic E-state index is 0.000467. The molecule has 3 N–H and O–H groups in total. The summed E-state index contributed by atoms with van der Waals surface area (Å²) in [6, 6.07) is 10.4. The first-order valence-electron chi connectivity index (χ1n) is 13.6. The van der Waals surface area contributed by atoms with Crippen LogP contribution in [-0.2, 0) is 22.6 Å². The Morgan fingerprint density at radius 1 is 1.15 bits per heavy atom. The summed E-state index contributed by atoms with van der Waals surface area (Å²) in [6.07, 6.45) is 1.78. The lowest BCUT2D eigenvalue weighted by atomic mass is 10.0. The monoisotopic (exact) mass is 656 g/mol. The third-order valence-corrected chi connectivity index (χ3v) is 7.61. The average molecular weight is 657 g/mol. The largest absolute Gasteiger partial charge is 0.390 e. The topological polar surface area (TPSA) is 84.9 Å². The molecule has 2 aromatic carbocycles. The number of amides is 2. The second-order valence-corrected chi connectivity index (χ2v) is 11.4. The van der Waals surface area contributed by atoms with Crippen molar-refractivity contribution < 1.29 is 23.5 Å². The number of carbonyl (C=O) groups is 2. The van der Waals surface area contributed by atoms with Gasteiger partial charge >= 0.3 is 0 Å². The molecule has 1 aliphatic heterocycles. The summed E-state index contributed by atoms with van der Waals surface area (Å²) in [4.78, 5) is 29.6. The fraction of sp³-hybridized carbons (Fsp3) is 0.517. The fourth-order valence-electron chi connectivity index (χ4n) is 4.93. The number of unbranched alkanes of at least 4 members (excludes halogenated alkanes) is 1. The average Bonchev–Trinajstić information content (AvgIpc) is 2.86. The molecule has 39 heavy (non-hydrogen) atoms. The van der Waals surface area contributed by atoms with Gasteiger partial charge in [-0.1, -0.05) is 32.4 Å². The maximum atomic E-state index is 13.8. The van der Waals surface area contributed by atoms with E-state index >= 15 is 0 Å². The Balaban J connectivity index is 1.64. The second kappa shape index (κ2) is 15.6. The van der Waals surface area contributed by atoms with Crippen LogP contribution in [-0.4, -0.2) is 77.6 Å². The number of hydrogen-bond acceptors (Lipinski definition) is 5. The van der Waals surface area contributed by atoms with E-state index < -0.39 is 23.8 Å². The SMILES string of the molecule is CCCCN1C(=O)CN(CC(=O)N[C@@H](Cc2cc(F)cc(F)c2)[C@@H](O)CNCc2cccc(I)c2)C[C@H]1CC. The maximum Gasteiger partial charge on any atom is 0.237 e. The predicted molar refractivity (Wildman–Crippen MR) is 156 cm³/mol. The minimum atomic E-state index is -1.01. The Bertz CT molecular complexity index is 1090. The highest BCUT2D eigenvalue weighted by Crippen LogP contribution is 2.16. The molecule has 0 unspecified atom stereocenters. The molecule has 214 valence electrons. The van der Waals surface area contributed by atoms with Crippen LogP contribution in [0.25, 0.3) is 0 Å². The molecule has 2 aromatic rings. The zero-order valence-corrected chi connectivity index (χ0v) is 24.8. The summed E-state index contributed by atoms with van der Waals surface area (Å²) in [5.41, 5.74) is 1.38. The highest BCUT2D eigenvalue weighted by Gasteiger charge is 2.32. The van der Waals surface area contributed by atoms with Gasteiger partial charge in [0, 0.05) is 41.9 Å². The van der Waals surface area contributed by atoms with Gasteiger partial charge in [-0.05, 0) is 77.2 Å². The quantitative estimate of drug-likeness (QED) is 0.272. The van der Waals surface area contributed by atoms with Crippen LogP contribution in [0.3, 0.4) is 0 Å². The van der Waals surface area contributed by atoms with Crippen LogP contribution in [0.15, 0.2) is 42.5 Å². The molecule has 1 aliphatic rings. The van der Waals surface area contributed by atoms with Crippen molar-refractivity contribution in [2.24, 2.45) is 0 Å². The fourth-order valence-corrected chi connectivity index (χ4v) is 5.54. The summed E-state index contributed by atoms with van der Waals surface area (Å²) < 4.78 is 28.8. The maximum absolute atomic E-state index is 13.8. The summed E-state index contributed by atoms with van der Waals surface area (Å²) >= 11 is 2.23. The first-order chi connectivity index (χ1) is 18.7. The second-order valence-electron chi connectivity index (χ2n) is 10.2. The van der Waals surface area contributed by atoms with Crippen molar-refractivity contribution in [3.63, 3.8) is 0 Å². The zero-order valence-electron chi connectivity index (χ0n) is 22.6. The Hall–Kier alpha value is -2.15. The number of halogens is 3. The first-order valence-corrected chi connectivity index (χ1v) is 14.7. The molecular weight excluding hydrogens is 617 g/mol. The van der Waals surface area contributed by atoms with Crippen LogP contribution in [0.2, 0.25) is 0 Å². The lowest BCUT2D eigenvalue weighted by Gasteiger charge is -2.40. The highest BCUT2D eigenvalue weighted by molar-refractivity contribution is 14.1. The van der Waals surface area contributed by atoms with Crippen molar-refractivity contribution in [3.8, 4) is 0 Å². The van der Waals surface area contributed by atoms with E-state index in [0.717, 1.165) is 41.0 Å². The molecule has 0 aromatic heterocycles. The third kappa shape index (κ3) is 10.1. The molecule has 0 bridgehead atoms. The number of piperazine rings is 1. The van der Waals surface area contributed by atoms with Gasteiger partial charge in [-0.15, -0.1) is 0 Å². The minimum Gasteiger partial charge on any atom is -0.390 e. The number of hydrogen-bond donors (Lipinski definition) is 3. The molecule has 0 aliphatic carbocycles. The lowest BCUT2D eigenvalue weighted by Crippen LogP contribution is -2.58. The van der Waals surface area contributed by atoms with Crippen LogP contribution in [0, 0.1) is 15.2 Å². The number of carbonyl (C=O) groups excluding carboxylic acids is 2. The Morgan fingerprint density at radius 2 is 1.90 bits per heavy atom. The summed E-state index contributed by atoms with van der Waals surface area (Å²) in [5, 5.41) is 17.1. The van der Waals surface area contributed by atoms with E-state index in [1.54, 1.807) is 0 Å². The van der Waals surface area contributed by atoms with Gasteiger partial charge < -0.3 is 20.6 Å². The van der Waals surface area contributed by atoms with Crippen LogP contribution in [0.1, 0.15) is 44.2 Å². The molecule has 1 fully saturated rings. The number of nitrogens with zero attached hydrogens (tertiary/aromatic N) is 2. The van der Waals surface area contributed by atoms with Crippen molar-refractivity contribution >= 4 is 34.4 Å². The van der Waals surface area contributed by atoms with Gasteiger partial charge in [0.1, 0.15) is 11.6 Å². The molecule has 3 rings (SSSR count). The molecule has 7 nitrogen and oxygen atoms in total. The standard InChI is InChI=1S/C29H39F2IN4O3/c1-3-5-9-36-25(4-2)17-35(19-29(36)39)18-28(38)34-26(13-21-10-22(30)14-23(31)11-21)27(37)16-33-15-20-7-6-8-24(32)12-20/h6-8,10-12,14,25-27,33,37H,3-5,9,13,15-19H2,1-2H3,(H,34,38)/t25-,26+,27+/m1/s1. The van der Waals surface area contributed by atoms with Crippen LogP contribution in [0.4, 0.5) is 8.78 Å². The number of benzene rings is 2. The van der Waals surface area contributed by atoms with E-state index in [9.17, 15) is 23.5 Å². The number of nitrogens with one attached hydrogen (secondary N) is 2. The Labute approximate surface area is 243 Å². The summed E-state index contributed by atoms with van der Waals surface area (Å²) in [5.74, 6) is -1.77. The summed E-state index contributed by atoms with van der Waals surface area (Å²) in [6.45, 7) is 6.29. The van der Waals surface area contributed by atoms with Gasteiger partial charge in [0.15, 0.2) is 0 Å². The normalized spacial score (nSPS) is 17.7. The van der Waals surface area contributed by atoms with Gasteiger partial charge in [-0.2, -0.15) is 0 Å². The zero-order chi connectivity index (χ0) is 28.4. The van der Waals surface area contributed by atoms with Crippen molar-refractivity contribution in [1.82, 2.24) is 20.4 Å². The van der Waals surface area contributed by atoms with Crippen molar-refractivity contribution in [2.75, 3.05) is 32.7 Å². The number of rotatable bonds is 14. The molecule has 0 saturated carbocycles. The van der Waals surface area contributed by atoms with E-state index in [2.05, 4.69) is 40.1 Å². The van der Waals surface area contributed by atoms with Crippen LogP contribution in [0.5, 0.6) is 0 Å². The van der Waals surface area contributed by atoms with Crippen molar-refractivity contribution in [3.05, 3.63) is 68.8 Å². The molecule has 1 saturated heterocycles. The van der Waals surface area contributed by atoms with Crippen molar-refractivity contribution in [1.29, 1.82) is 0 Å². The molecule has 0 radical (unpaired) electrons. The molecular formula is C29H39F2IN4O3. The van der Waals surface area contributed by atoms with Gasteiger partial charge in [0.2, 0.25) is 11.8 Å². The number of aliphatic hydroxyl groups excluding tert-OH is 1. The van der Waals surface area contributed by atoms with E-state index in [0.29, 0.717) is 18.7 Å². The predicted octanol–water partition coefficient (Wildman–Crippen LogP) is 3.47. The van der Waals surface area contributed by atoms with Gasteiger partial charge in [-0.3, -0.25) is 14.5 Å².